The van der Waals surface area contributed by atoms with Crippen LogP contribution < -0.4 is 5.23 Å². The third kappa shape index (κ3) is 1.97. The lowest BCUT2D eigenvalue weighted by atomic mass is 10.2. The van der Waals surface area contributed by atoms with Crippen LogP contribution in [0.5, 0.6) is 0 Å². The number of halogens is 1. The molecule has 1 rings (SSSR count). The lowest BCUT2D eigenvalue weighted by Gasteiger charge is -2.13. The maximum absolute atomic E-state index is 9.14. The van der Waals surface area contributed by atoms with Gasteiger partial charge in [-0.15, -0.1) is 5.23 Å². The molecule has 66 valence electrons. The summed E-state index contributed by atoms with van der Waals surface area (Å²) in [5, 5.41) is 9.86. The second-order valence-electron chi connectivity index (χ2n) is 2.39. The van der Waals surface area contributed by atoms with Gasteiger partial charge in [0, 0.05) is 4.47 Å². The fraction of sp³-hybridized carbons (Fsp3) is 0.250. The Bertz CT molecular complexity index is 278. The van der Waals surface area contributed by atoms with Crippen LogP contribution in [0.1, 0.15) is 5.56 Å². The first-order valence-corrected chi connectivity index (χ1v) is 4.23. The summed E-state index contributed by atoms with van der Waals surface area (Å²) in [6.07, 6.45) is 0. The zero-order valence-corrected chi connectivity index (χ0v) is 8.50. The van der Waals surface area contributed by atoms with E-state index in [1.54, 1.807) is 6.07 Å². The fourth-order valence-corrected chi connectivity index (χ4v) is 1.10. The van der Waals surface area contributed by atoms with Gasteiger partial charge in [0.25, 0.3) is 0 Å². The molecule has 4 heteroatoms. The highest BCUT2D eigenvalue weighted by molar-refractivity contribution is 9.10. The second kappa shape index (κ2) is 3.89. The van der Waals surface area contributed by atoms with E-state index < -0.39 is 0 Å². The molecular formula is C8H10BrNO2. The van der Waals surface area contributed by atoms with E-state index in [4.69, 9.17) is 5.21 Å². The first kappa shape index (κ1) is 9.51. The van der Waals surface area contributed by atoms with Crippen LogP contribution >= 0.6 is 15.9 Å². The van der Waals surface area contributed by atoms with Crippen LogP contribution in [0.25, 0.3) is 0 Å². The van der Waals surface area contributed by atoms with Gasteiger partial charge in [0.2, 0.25) is 0 Å². The summed E-state index contributed by atoms with van der Waals surface area (Å²) >= 11 is 3.36. The Morgan fingerprint density at radius 1 is 1.50 bits per heavy atom. The predicted molar refractivity (Wildman–Crippen MR) is 50.2 cm³/mol. The molecule has 0 heterocycles. The highest BCUT2D eigenvalue weighted by atomic mass is 79.9. The predicted octanol–water partition coefficient (Wildman–Crippen LogP) is 2.51. The summed E-state index contributed by atoms with van der Waals surface area (Å²) in [4.78, 5) is 4.60. The first-order chi connectivity index (χ1) is 5.65. The van der Waals surface area contributed by atoms with Crippen LogP contribution in [0.15, 0.2) is 22.7 Å². The van der Waals surface area contributed by atoms with Crippen molar-refractivity contribution in [3.63, 3.8) is 0 Å². The molecule has 1 aromatic carbocycles. The van der Waals surface area contributed by atoms with Crippen molar-refractivity contribution in [3.05, 3.63) is 28.2 Å². The summed E-state index contributed by atoms with van der Waals surface area (Å²) in [6.45, 7) is 1.94. The van der Waals surface area contributed by atoms with Crippen LogP contribution in [0.3, 0.4) is 0 Å². The lowest BCUT2D eigenvalue weighted by molar-refractivity contribution is -0.0110. The van der Waals surface area contributed by atoms with Crippen LogP contribution in [0.4, 0.5) is 5.69 Å². The minimum atomic E-state index is 0.609. The summed E-state index contributed by atoms with van der Waals surface area (Å²) < 4.78 is 1.01. The Balaban J connectivity index is 2.96. The molecular weight excluding hydrogens is 222 g/mol. The van der Waals surface area contributed by atoms with E-state index in [1.165, 1.54) is 7.11 Å². The Morgan fingerprint density at radius 3 is 2.67 bits per heavy atom. The molecule has 0 aliphatic rings. The smallest absolute Gasteiger partial charge is 0.0948 e. The van der Waals surface area contributed by atoms with E-state index in [1.807, 2.05) is 19.1 Å². The van der Waals surface area contributed by atoms with E-state index in [0.717, 1.165) is 15.3 Å². The van der Waals surface area contributed by atoms with Crippen LogP contribution in [0, 0.1) is 6.92 Å². The molecule has 0 unspecified atom stereocenters. The summed E-state index contributed by atoms with van der Waals surface area (Å²) in [7, 11) is 1.40. The van der Waals surface area contributed by atoms with Crippen molar-refractivity contribution in [1.82, 2.24) is 0 Å². The van der Waals surface area contributed by atoms with E-state index in [2.05, 4.69) is 20.8 Å². The van der Waals surface area contributed by atoms with E-state index in [-0.39, 0.29) is 0 Å². The van der Waals surface area contributed by atoms with E-state index in [0.29, 0.717) is 5.69 Å². The minimum absolute atomic E-state index is 0.609. The van der Waals surface area contributed by atoms with Crippen molar-refractivity contribution in [3.8, 4) is 0 Å². The molecule has 0 fully saturated rings. The molecule has 0 spiro atoms. The third-order valence-electron chi connectivity index (χ3n) is 1.54. The zero-order valence-electron chi connectivity index (χ0n) is 6.91. The van der Waals surface area contributed by atoms with Gasteiger partial charge in [0.15, 0.2) is 0 Å². The normalized spacial score (nSPS) is 10.0. The van der Waals surface area contributed by atoms with E-state index >= 15 is 0 Å². The molecule has 0 saturated heterocycles. The lowest BCUT2D eigenvalue weighted by Crippen LogP contribution is -2.15. The molecule has 0 aliphatic heterocycles. The second-order valence-corrected chi connectivity index (χ2v) is 3.24. The highest BCUT2D eigenvalue weighted by Gasteiger charge is 2.02. The molecule has 1 aromatic rings. The van der Waals surface area contributed by atoms with Crippen LogP contribution in [-0.2, 0) is 4.84 Å². The molecule has 0 aliphatic carbocycles. The molecule has 0 amide bonds. The summed E-state index contributed by atoms with van der Waals surface area (Å²) in [5.74, 6) is 0. The van der Waals surface area contributed by atoms with Crippen molar-refractivity contribution in [2.45, 2.75) is 6.92 Å². The summed E-state index contributed by atoms with van der Waals surface area (Å²) in [5.41, 5.74) is 1.65. The minimum Gasteiger partial charge on any atom is -0.264 e. The topological polar surface area (TPSA) is 32.7 Å². The average molecular weight is 232 g/mol. The van der Waals surface area contributed by atoms with Crippen molar-refractivity contribution in [2.75, 3.05) is 12.3 Å². The molecule has 12 heavy (non-hydrogen) atoms. The maximum atomic E-state index is 9.14. The fourth-order valence-electron chi connectivity index (χ4n) is 0.853. The van der Waals surface area contributed by atoms with Gasteiger partial charge in [-0.1, -0.05) is 15.9 Å². The Labute approximate surface area is 79.6 Å². The number of rotatable bonds is 2. The molecule has 0 radical (unpaired) electrons. The number of benzene rings is 1. The van der Waals surface area contributed by atoms with Crippen LogP contribution in [-0.4, -0.2) is 12.3 Å². The number of hydrogen-bond acceptors (Lipinski definition) is 3. The largest absolute Gasteiger partial charge is 0.264 e. The van der Waals surface area contributed by atoms with Crippen molar-refractivity contribution in [2.24, 2.45) is 0 Å². The van der Waals surface area contributed by atoms with Crippen molar-refractivity contribution < 1.29 is 10.0 Å². The van der Waals surface area contributed by atoms with Crippen molar-refractivity contribution >= 4 is 21.6 Å². The van der Waals surface area contributed by atoms with Gasteiger partial charge in [-0.25, -0.2) is 0 Å². The van der Waals surface area contributed by atoms with Crippen LogP contribution in [0.2, 0.25) is 0 Å². The number of hydrogen-bond donors (Lipinski definition) is 1. The molecule has 1 N–H and O–H groups in total. The standard InChI is InChI=1S/C8H10BrNO2/c1-6-5-7(10(11)12-2)3-4-8(6)9/h3-5,11H,1-2H3. The Kier molecular flexibility index (Phi) is 3.08. The van der Waals surface area contributed by atoms with Gasteiger partial charge in [0.05, 0.1) is 12.8 Å². The summed E-state index contributed by atoms with van der Waals surface area (Å²) in [6, 6.07) is 5.42. The molecule has 0 aromatic heterocycles. The van der Waals surface area contributed by atoms with Gasteiger partial charge in [-0.2, -0.15) is 0 Å². The zero-order chi connectivity index (χ0) is 9.14. The Morgan fingerprint density at radius 2 is 2.17 bits per heavy atom. The van der Waals surface area contributed by atoms with Gasteiger partial charge >= 0.3 is 0 Å². The SMILES string of the molecule is CON(O)c1ccc(Br)c(C)c1. The number of aryl methyl sites for hydroxylation is 1. The highest BCUT2D eigenvalue weighted by Crippen LogP contribution is 2.21. The maximum Gasteiger partial charge on any atom is 0.0948 e. The van der Waals surface area contributed by atoms with E-state index in [9.17, 15) is 0 Å². The molecule has 0 atom stereocenters. The monoisotopic (exact) mass is 231 g/mol. The van der Waals surface area contributed by atoms with Crippen molar-refractivity contribution in [1.29, 1.82) is 0 Å². The molecule has 0 saturated carbocycles. The first-order valence-electron chi connectivity index (χ1n) is 3.44. The van der Waals surface area contributed by atoms with Gasteiger partial charge in [-0.05, 0) is 30.7 Å². The average Bonchev–Trinajstić information content (AvgIpc) is 2.08. The Hall–Kier alpha value is -0.580. The number of anilines is 1. The van der Waals surface area contributed by atoms with Gasteiger partial charge < -0.3 is 0 Å². The molecule has 3 nitrogen and oxygen atoms in total. The third-order valence-corrected chi connectivity index (χ3v) is 2.43. The van der Waals surface area contributed by atoms with Gasteiger partial charge in [-0.3, -0.25) is 10.0 Å². The molecule has 0 bridgehead atoms. The van der Waals surface area contributed by atoms with Gasteiger partial charge in [0.1, 0.15) is 0 Å². The number of nitrogens with zero attached hydrogens (tertiary/aromatic N) is 1. The quantitative estimate of drug-likeness (QED) is 0.795.